The summed E-state index contributed by atoms with van der Waals surface area (Å²) < 4.78 is 39.9. The molecule has 0 fully saturated rings. The standard InChI is InChI=1S/C15H19F3N4S/c1-10-12(23-9-19-10)7-21(2)5-11-3-4-14-20-13(15(16,17)18)8-22(14)6-11/h8-9,11H,3-7H2,1-2H3/t11-/m0/s1. The van der Waals surface area contributed by atoms with Crippen LogP contribution in [0, 0.1) is 12.8 Å². The zero-order valence-electron chi connectivity index (χ0n) is 13.1. The van der Waals surface area contributed by atoms with Crippen LogP contribution >= 0.6 is 11.3 Å². The van der Waals surface area contributed by atoms with Crippen molar-refractivity contribution in [3.05, 3.63) is 33.8 Å². The number of nitrogens with zero attached hydrogens (tertiary/aromatic N) is 4. The smallest absolute Gasteiger partial charge is 0.334 e. The van der Waals surface area contributed by atoms with Gasteiger partial charge in [-0.15, -0.1) is 11.3 Å². The Balaban J connectivity index is 1.61. The van der Waals surface area contributed by atoms with Crippen LogP contribution in [0.15, 0.2) is 11.7 Å². The quantitative estimate of drug-likeness (QED) is 0.853. The summed E-state index contributed by atoms with van der Waals surface area (Å²) in [5, 5.41) is 0. The van der Waals surface area contributed by atoms with E-state index < -0.39 is 11.9 Å². The van der Waals surface area contributed by atoms with Crippen LogP contribution in [0.2, 0.25) is 0 Å². The van der Waals surface area contributed by atoms with Crippen molar-refractivity contribution < 1.29 is 13.2 Å². The lowest BCUT2D eigenvalue weighted by Gasteiger charge is -2.28. The van der Waals surface area contributed by atoms with Gasteiger partial charge in [0.05, 0.1) is 11.2 Å². The molecule has 23 heavy (non-hydrogen) atoms. The largest absolute Gasteiger partial charge is 0.434 e. The highest BCUT2D eigenvalue weighted by Crippen LogP contribution is 2.31. The van der Waals surface area contributed by atoms with Crippen LogP contribution in [0.4, 0.5) is 13.2 Å². The van der Waals surface area contributed by atoms with E-state index in [0.717, 1.165) is 31.4 Å². The molecule has 0 radical (unpaired) electrons. The number of imidazole rings is 1. The molecule has 1 aliphatic rings. The van der Waals surface area contributed by atoms with E-state index in [1.54, 1.807) is 15.9 Å². The van der Waals surface area contributed by atoms with Crippen LogP contribution in [-0.4, -0.2) is 33.0 Å². The lowest BCUT2D eigenvalue weighted by Crippen LogP contribution is -2.31. The highest BCUT2D eigenvalue weighted by Gasteiger charge is 2.35. The molecule has 0 aliphatic carbocycles. The Bertz CT molecular complexity index is 677. The normalized spacial score (nSPS) is 18.4. The maximum Gasteiger partial charge on any atom is 0.434 e. The maximum absolute atomic E-state index is 12.7. The number of rotatable bonds is 4. The summed E-state index contributed by atoms with van der Waals surface area (Å²) in [6.07, 6.45) is -1.73. The first-order valence-electron chi connectivity index (χ1n) is 7.53. The molecule has 4 nitrogen and oxygen atoms in total. The van der Waals surface area contributed by atoms with Gasteiger partial charge < -0.3 is 9.47 Å². The van der Waals surface area contributed by atoms with E-state index >= 15 is 0 Å². The minimum absolute atomic E-state index is 0.344. The zero-order valence-corrected chi connectivity index (χ0v) is 13.9. The predicted octanol–water partition coefficient (Wildman–Crippen LogP) is 3.36. The second-order valence-electron chi connectivity index (χ2n) is 6.15. The summed E-state index contributed by atoms with van der Waals surface area (Å²) >= 11 is 1.64. The third-order valence-electron chi connectivity index (χ3n) is 4.21. The third-order valence-corrected chi connectivity index (χ3v) is 5.13. The lowest BCUT2D eigenvalue weighted by molar-refractivity contribution is -0.141. The molecule has 0 amide bonds. The van der Waals surface area contributed by atoms with Gasteiger partial charge in [-0.25, -0.2) is 9.97 Å². The Kier molecular flexibility index (Phi) is 4.46. The fraction of sp³-hybridized carbons (Fsp3) is 0.600. The molecule has 0 spiro atoms. The minimum atomic E-state index is -4.36. The minimum Gasteiger partial charge on any atom is -0.334 e. The molecule has 0 bridgehead atoms. The Morgan fingerprint density at radius 2 is 2.22 bits per heavy atom. The van der Waals surface area contributed by atoms with Gasteiger partial charge in [-0.3, -0.25) is 0 Å². The Hall–Kier alpha value is -1.41. The Labute approximate surface area is 137 Å². The molecule has 126 valence electrons. The van der Waals surface area contributed by atoms with Crippen molar-refractivity contribution in [1.82, 2.24) is 19.4 Å². The van der Waals surface area contributed by atoms with Crippen molar-refractivity contribution in [2.24, 2.45) is 5.92 Å². The summed E-state index contributed by atoms with van der Waals surface area (Å²) in [6.45, 7) is 4.29. The van der Waals surface area contributed by atoms with Gasteiger partial charge in [0.1, 0.15) is 5.82 Å². The summed E-state index contributed by atoms with van der Waals surface area (Å²) in [6, 6.07) is 0. The Morgan fingerprint density at radius 3 is 2.87 bits per heavy atom. The van der Waals surface area contributed by atoms with E-state index in [1.165, 1.54) is 4.88 Å². The first-order valence-corrected chi connectivity index (χ1v) is 8.41. The summed E-state index contributed by atoms with van der Waals surface area (Å²) in [5.74, 6) is 0.894. The average molecular weight is 344 g/mol. The first kappa shape index (κ1) is 16.4. The molecule has 8 heteroatoms. The van der Waals surface area contributed by atoms with Gasteiger partial charge in [-0.05, 0) is 26.3 Å². The maximum atomic E-state index is 12.7. The number of aryl methyl sites for hydroxylation is 2. The molecule has 2 aromatic heterocycles. The van der Waals surface area contributed by atoms with E-state index in [0.29, 0.717) is 24.7 Å². The lowest BCUT2D eigenvalue weighted by atomic mass is 9.99. The molecule has 0 aromatic carbocycles. The van der Waals surface area contributed by atoms with Crippen LogP contribution < -0.4 is 0 Å². The molecule has 0 N–H and O–H groups in total. The van der Waals surface area contributed by atoms with Crippen molar-refractivity contribution in [3.8, 4) is 0 Å². The van der Waals surface area contributed by atoms with Crippen LogP contribution in [0.1, 0.15) is 28.5 Å². The van der Waals surface area contributed by atoms with Gasteiger partial charge in [0.15, 0.2) is 5.69 Å². The number of thiazole rings is 1. The van der Waals surface area contributed by atoms with Crippen molar-refractivity contribution in [3.63, 3.8) is 0 Å². The van der Waals surface area contributed by atoms with Crippen molar-refractivity contribution in [2.75, 3.05) is 13.6 Å². The van der Waals surface area contributed by atoms with Gasteiger partial charge in [0.2, 0.25) is 0 Å². The Morgan fingerprint density at radius 1 is 1.43 bits per heavy atom. The van der Waals surface area contributed by atoms with Crippen molar-refractivity contribution in [1.29, 1.82) is 0 Å². The number of aromatic nitrogens is 3. The number of halogens is 3. The molecule has 1 atom stereocenters. The SMILES string of the molecule is Cc1ncsc1CN(C)C[C@@H]1CCc2nc(C(F)(F)F)cn2C1. The van der Waals surface area contributed by atoms with Crippen LogP contribution in [0.3, 0.4) is 0 Å². The molecule has 0 unspecified atom stereocenters. The van der Waals surface area contributed by atoms with Crippen molar-refractivity contribution >= 4 is 11.3 Å². The molecule has 1 aliphatic heterocycles. The van der Waals surface area contributed by atoms with E-state index in [9.17, 15) is 13.2 Å². The number of fused-ring (bicyclic) bond motifs is 1. The summed E-state index contributed by atoms with van der Waals surface area (Å²) in [4.78, 5) is 11.4. The second kappa shape index (κ2) is 6.24. The van der Waals surface area contributed by atoms with E-state index in [4.69, 9.17) is 0 Å². The highest BCUT2D eigenvalue weighted by atomic mass is 32.1. The van der Waals surface area contributed by atoms with E-state index in [2.05, 4.69) is 14.9 Å². The van der Waals surface area contributed by atoms with Gasteiger partial charge >= 0.3 is 6.18 Å². The highest BCUT2D eigenvalue weighted by molar-refractivity contribution is 7.09. The fourth-order valence-electron chi connectivity index (χ4n) is 3.03. The average Bonchev–Trinajstić information content (AvgIpc) is 3.05. The van der Waals surface area contributed by atoms with Crippen LogP contribution in [0.25, 0.3) is 0 Å². The monoisotopic (exact) mass is 344 g/mol. The van der Waals surface area contributed by atoms with Crippen molar-refractivity contribution in [2.45, 2.75) is 39.0 Å². The van der Waals surface area contributed by atoms with Gasteiger partial charge in [-0.2, -0.15) is 13.2 Å². The number of alkyl halides is 3. The molecular weight excluding hydrogens is 325 g/mol. The summed E-state index contributed by atoms with van der Waals surface area (Å²) in [5.41, 5.74) is 2.12. The fourth-order valence-corrected chi connectivity index (χ4v) is 3.88. The molecule has 0 saturated heterocycles. The molecule has 0 saturated carbocycles. The topological polar surface area (TPSA) is 34.0 Å². The first-order chi connectivity index (χ1) is 10.8. The molecule has 3 heterocycles. The zero-order chi connectivity index (χ0) is 16.6. The third kappa shape index (κ3) is 3.74. The van der Waals surface area contributed by atoms with Gasteiger partial charge in [0.25, 0.3) is 0 Å². The van der Waals surface area contributed by atoms with Gasteiger partial charge in [-0.1, -0.05) is 0 Å². The van der Waals surface area contributed by atoms with E-state index in [-0.39, 0.29) is 0 Å². The van der Waals surface area contributed by atoms with Gasteiger partial charge in [0, 0.05) is 37.1 Å². The second-order valence-corrected chi connectivity index (χ2v) is 7.09. The summed E-state index contributed by atoms with van der Waals surface area (Å²) in [7, 11) is 2.05. The predicted molar refractivity (Wildman–Crippen MR) is 82.2 cm³/mol. The van der Waals surface area contributed by atoms with E-state index in [1.807, 2.05) is 19.5 Å². The number of hydrogen-bond donors (Lipinski definition) is 0. The molecular formula is C15H19F3N4S. The van der Waals surface area contributed by atoms with Crippen LogP contribution in [0.5, 0.6) is 0 Å². The molecule has 3 rings (SSSR count). The number of hydrogen-bond acceptors (Lipinski definition) is 4. The molecule has 2 aromatic rings. The van der Waals surface area contributed by atoms with Crippen LogP contribution in [-0.2, 0) is 25.7 Å².